The lowest BCUT2D eigenvalue weighted by atomic mass is 10.2. The average molecular weight is 352 g/mol. The number of hydrogen-bond acceptors (Lipinski definition) is 6. The molecule has 1 aromatic carbocycles. The topological polar surface area (TPSA) is 106 Å². The molecule has 0 bridgehead atoms. The second kappa shape index (κ2) is 5.36. The number of aryl methyl sites for hydroxylation is 1. The Kier molecular flexibility index (Phi) is 3.10. The molecule has 0 amide bonds. The number of hydrogen-bond donors (Lipinski definition) is 1. The van der Waals surface area contributed by atoms with E-state index in [1.54, 1.807) is 11.6 Å². The quantitative estimate of drug-likeness (QED) is 0.520. The number of para-hydroxylation sites is 1. The molecule has 1 N–H and O–H groups in total. The van der Waals surface area contributed by atoms with E-state index < -0.39 is 0 Å². The highest BCUT2D eigenvalue weighted by Crippen LogP contribution is 2.16. The Morgan fingerprint density at radius 3 is 2.88 bits per heavy atom. The van der Waals surface area contributed by atoms with Gasteiger partial charge in [-0.05, 0) is 12.1 Å². The monoisotopic (exact) mass is 352 g/mol. The summed E-state index contributed by atoms with van der Waals surface area (Å²) in [6.45, 7) is 2.40. The number of rotatable bonds is 2. The largest absolute Gasteiger partial charge is 0.343 e. The van der Waals surface area contributed by atoms with Gasteiger partial charge < -0.3 is 0 Å². The fourth-order valence-electron chi connectivity index (χ4n) is 3.55. The van der Waals surface area contributed by atoms with Gasteiger partial charge in [-0.2, -0.15) is 5.10 Å². The van der Waals surface area contributed by atoms with Gasteiger partial charge >= 0.3 is 5.69 Å². The standard InChI is InChI=1S/C16H16N8O2/c1-21-14(25)10-4-2-3-5-11(10)24-13(18-19-15(21)24)9-22-6-7-23-12(8-22)17-20-16(23)26/h2-5H,6-9H2,1H3,(H,20,26). The van der Waals surface area contributed by atoms with E-state index in [0.29, 0.717) is 43.2 Å². The van der Waals surface area contributed by atoms with Crippen molar-refractivity contribution in [2.24, 2.45) is 7.05 Å². The molecular formula is C16H16N8O2. The van der Waals surface area contributed by atoms with Gasteiger partial charge in [0.05, 0.1) is 24.0 Å². The van der Waals surface area contributed by atoms with Crippen molar-refractivity contribution in [3.63, 3.8) is 0 Å². The van der Waals surface area contributed by atoms with Crippen LogP contribution in [0.1, 0.15) is 11.6 Å². The molecule has 1 aliphatic rings. The van der Waals surface area contributed by atoms with Crippen molar-refractivity contribution in [3.05, 3.63) is 56.8 Å². The molecule has 0 unspecified atom stereocenters. The smallest absolute Gasteiger partial charge is 0.287 e. The normalized spacial score (nSPS) is 15.0. The maximum absolute atomic E-state index is 12.5. The van der Waals surface area contributed by atoms with E-state index in [1.165, 1.54) is 4.57 Å². The van der Waals surface area contributed by atoms with E-state index in [0.717, 1.165) is 11.3 Å². The molecule has 0 saturated heterocycles. The molecule has 0 saturated carbocycles. The fraction of sp³-hybridized carbons (Fsp3) is 0.312. The molecule has 4 heterocycles. The van der Waals surface area contributed by atoms with Crippen LogP contribution in [0, 0.1) is 0 Å². The lowest BCUT2D eigenvalue weighted by Gasteiger charge is -2.25. The zero-order valence-electron chi connectivity index (χ0n) is 14.1. The highest BCUT2D eigenvalue weighted by Gasteiger charge is 2.22. The van der Waals surface area contributed by atoms with Gasteiger partial charge in [-0.25, -0.2) is 9.89 Å². The zero-order valence-corrected chi connectivity index (χ0v) is 14.1. The van der Waals surface area contributed by atoms with E-state index in [2.05, 4.69) is 25.3 Å². The number of fused-ring (bicyclic) bond motifs is 4. The Bertz CT molecular complexity index is 1260. The molecule has 0 radical (unpaired) electrons. The van der Waals surface area contributed by atoms with Gasteiger partial charge in [-0.1, -0.05) is 12.1 Å². The minimum Gasteiger partial charge on any atom is -0.287 e. The van der Waals surface area contributed by atoms with Crippen LogP contribution in [0.3, 0.4) is 0 Å². The second-order valence-corrected chi connectivity index (χ2v) is 6.44. The minimum atomic E-state index is -0.173. The second-order valence-electron chi connectivity index (χ2n) is 6.44. The molecule has 5 rings (SSSR count). The predicted molar refractivity (Wildman–Crippen MR) is 92.7 cm³/mol. The van der Waals surface area contributed by atoms with Gasteiger partial charge in [0.25, 0.3) is 5.56 Å². The average Bonchev–Trinajstić information content (AvgIpc) is 3.24. The molecule has 0 fully saturated rings. The van der Waals surface area contributed by atoms with E-state index >= 15 is 0 Å². The third-order valence-electron chi connectivity index (χ3n) is 4.90. The molecule has 4 aromatic rings. The van der Waals surface area contributed by atoms with Crippen LogP contribution < -0.4 is 11.2 Å². The van der Waals surface area contributed by atoms with Crippen molar-refractivity contribution in [2.45, 2.75) is 19.6 Å². The molecule has 26 heavy (non-hydrogen) atoms. The van der Waals surface area contributed by atoms with Crippen molar-refractivity contribution in [1.29, 1.82) is 0 Å². The zero-order chi connectivity index (χ0) is 17.8. The fourth-order valence-corrected chi connectivity index (χ4v) is 3.55. The Labute approximate surface area is 146 Å². The Hall–Kier alpha value is -3.27. The van der Waals surface area contributed by atoms with E-state index in [-0.39, 0.29) is 11.2 Å². The minimum absolute atomic E-state index is 0.0921. The van der Waals surface area contributed by atoms with Crippen LogP contribution in [-0.2, 0) is 26.7 Å². The number of aromatic nitrogens is 7. The summed E-state index contributed by atoms with van der Waals surface area (Å²) in [5.74, 6) is 1.97. The maximum atomic E-state index is 12.5. The summed E-state index contributed by atoms with van der Waals surface area (Å²) < 4.78 is 5.08. The summed E-state index contributed by atoms with van der Waals surface area (Å²) in [6.07, 6.45) is 0. The number of nitrogens with zero attached hydrogens (tertiary/aromatic N) is 7. The van der Waals surface area contributed by atoms with Gasteiger partial charge in [0.15, 0.2) is 5.82 Å². The molecule has 3 aromatic heterocycles. The molecular weight excluding hydrogens is 336 g/mol. The van der Waals surface area contributed by atoms with E-state index in [1.807, 2.05) is 28.7 Å². The van der Waals surface area contributed by atoms with Crippen LogP contribution in [0.4, 0.5) is 0 Å². The molecule has 10 heteroatoms. The Balaban J connectivity index is 1.60. The predicted octanol–water partition coefficient (Wildman–Crippen LogP) is -0.518. The molecule has 132 valence electrons. The third-order valence-corrected chi connectivity index (χ3v) is 4.90. The Morgan fingerprint density at radius 2 is 2.00 bits per heavy atom. The summed E-state index contributed by atoms with van der Waals surface area (Å²) in [5, 5.41) is 15.7. The van der Waals surface area contributed by atoms with Gasteiger partial charge in [-0.15, -0.1) is 10.2 Å². The number of nitrogens with one attached hydrogen (secondary N) is 1. The maximum Gasteiger partial charge on any atom is 0.343 e. The van der Waals surface area contributed by atoms with Crippen LogP contribution in [0.15, 0.2) is 33.9 Å². The van der Waals surface area contributed by atoms with Crippen LogP contribution in [0.25, 0.3) is 16.7 Å². The van der Waals surface area contributed by atoms with Gasteiger partial charge in [-0.3, -0.25) is 23.2 Å². The summed E-state index contributed by atoms with van der Waals surface area (Å²) in [7, 11) is 1.70. The van der Waals surface area contributed by atoms with Crippen LogP contribution >= 0.6 is 0 Å². The van der Waals surface area contributed by atoms with Crippen molar-refractivity contribution in [3.8, 4) is 0 Å². The van der Waals surface area contributed by atoms with Gasteiger partial charge in [0, 0.05) is 20.1 Å². The van der Waals surface area contributed by atoms with Crippen LogP contribution in [0.5, 0.6) is 0 Å². The number of aromatic amines is 1. The summed E-state index contributed by atoms with van der Waals surface area (Å²) in [5.41, 5.74) is 0.526. The van der Waals surface area contributed by atoms with Crippen molar-refractivity contribution >= 4 is 16.7 Å². The van der Waals surface area contributed by atoms with E-state index in [4.69, 9.17) is 0 Å². The molecule has 0 aliphatic carbocycles. The molecule has 0 spiro atoms. The highest BCUT2D eigenvalue weighted by molar-refractivity contribution is 5.80. The molecule has 0 atom stereocenters. The van der Waals surface area contributed by atoms with Crippen LogP contribution in [-0.4, -0.2) is 45.4 Å². The van der Waals surface area contributed by atoms with E-state index in [9.17, 15) is 9.59 Å². The summed E-state index contributed by atoms with van der Waals surface area (Å²) >= 11 is 0. The summed E-state index contributed by atoms with van der Waals surface area (Å²) in [4.78, 5) is 26.3. The first kappa shape index (κ1) is 15.0. The number of benzene rings is 1. The molecule has 1 aliphatic heterocycles. The summed E-state index contributed by atoms with van der Waals surface area (Å²) in [6, 6.07) is 7.46. The third kappa shape index (κ3) is 2.05. The van der Waals surface area contributed by atoms with Gasteiger partial charge in [0.2, 0.25) is 5.78 Å². The first-order valence-corrected chi connectivity index (χ1v) is 8.31. The van der Waals surface area contributed by atoms with Gasteiger partial charge in [0.1, 0.15) is 5.82 Å². The first-order chi connectivity index (χ1) is 12.6. The van der Waals surface area contributed by atoms with Crippen molar-refractivity contribution in [2.75, 3.05) is 6.54 Å². The lowest BCUT2D eigenvalue weighted by Crippen LogP contribution is -2.37. The van der Waals surface area contributed by atoms with Crippen molar-refractivity contribution < 1.29 is 0 Å². The number of H-pyrrole nitrogens is 1. The lowest BCUT2D eigenvalue weighted by molar-refractivity contribution is 0.202. The SMILES string of the molecule is Cn1c(=O)c2ccccc2n2c(CN3CCn4c(n[nH]c4=O)C3)nnc12. The van der Waals surface area contributed by atoms with Crippen LogP contribution in [0.2, 0.25) is 0 Å². The Morgan fingerprint density at radius 1 is 1.15 bits per heavy atom. The first-order valence-electron chi connectivity index (χ1n) is 8.31. The molecule has 10 nitrogen and oxygen atoms in total. The highest BCUT2D eigenvalue weighted by atomic mass is 16.2. The van der Waals surface area contributed by atoms with Crippen molar-refractivity contribution in [1.82, 2.24) is 38.8 Å².